The normalized spacial score (nSPS) is 18.1. The summed E-state index contributed by atoms with van der Waals surface area (Å²) in [5, 5.41) is 3.12. The Hall–Kier alpha value is -0.530. The minimum atomic E-state index is 0.297. The fourth-order valence-corrected chi connectivity index (χ4v) is 2.00. The molecule has 1 saturated carbocycles. The quantitative estimate of drug-likeness (QED) is 0.712. The highest BCUT2D eigenvalue weighted by Crippen LogP contribution is 2.24. The number of nitrogens with one attached hydrogen (secondary N) is 1. The lowest BCUT2D eigenvalue weighted by atomic mass is 10.1. The maximum absolute atomic E-state index is 11.7. The first-order valence-corrected chi connectivity index (χ1v) is 5.58. The molecule has 0 aliphatic heterocycles. The van der Waals surface area contributed by atoms with E-state index in [1.54, 1.807) is 0 Å². The molecule has 0 bridgehead atoms. The second kappa shape index (κ2) is 5.25. The van der Waals surface area contributed by atoms with Crippen LogP contribution in [0.15, 0.2) is 0 Å². The minimum absolute atomic E-state index is 0.297. The zero-order chi connectivity index (χ0) is 9.68. The van der Waals surface area contributed by atoms with Crippen LogP contribution in [-0.4, -0.2) is 11.9 Å². The van der Waals surface area contributed by atoms with E-state index < -0.39 is 0 Å². The fourth-order valence-electron chi connectivity index (χ4n) is 2.00. The monoisotopic (exact) mass is 183 g/mol. The van der Waals surface area contributed by atoms with E-state index in [0.29, 0.717) is 17.9 Å². The summed E-state index contributed by atoms with van der Waals surface area (Å²) in [6.45, 7) is 4.26. The van der Waals surface area contributed by atoms with Gasteiger partial charge in [0.05, 0.1) is 0 Å². The van der Waals surface area contributed by atoms with E-state index in [9.17, 15) is 4.79 Å². The molecule has 0 aromatic carbocycles. The van der Waals surface area contributed by atoms with E-state index in [1.807, 2.05) is 0 Å². The summed E-state index contributed by atoms with van der Waals surface area (Å²) < 4.78 is 0. The van der Waals surface area contributed by atoms with E-state index in [2.05, 4.69) is 19.2 Å². The maximum Gasteiger partial charge on any atom is 0.223 e. The summed E-state index contributed by atoms with van der Waals surface area (Å²) in [4.78, 5) is 11.7. The van der Waals surface area contributed by atoms with Gasteiger partial charge in [-0.15, -0.1) is 0 Å². The van der Waals surface area contributed by atoms with Crippen molar-refractivity contribution in [3.8, 4) is 0 Å². The molecule has 0 unspecified atom stereocenters. The van der Waals surface area contributed by atoms with Crippen molar-refractivity contribution in [2.24, 2.45) is 5.92 Å². The van der Waals surface area contributed by atoms with Crippen molar-refractivity contribution in [2.75, 3.05) is 0 Å². The van der Waals surface area contributed by atoms with Crippen LogP contribution in [0.3, 0.4) is 0 Å². The van der Waals surface area contributed by atoms with Gasteiger partial charge < -0.3 is 5.32 Å². The molecule has 76 valence electrons. The van der Waals surface area contributed by atoms with Crippen molar-refractivity contribution in [3.05, 3.63) is 0 Å². The number of hydrogen-bond acceptors (Lipinski definition) is 1. The van der Waals surface area contributed by atoms with Crippen LogP contribution in [0.25, 0.3) is 0 Å². The van der Waals surface area contributed by atoms with Crippen LogP contribution in [0.5, 0.6) is 0 Å². The van der Waals surface area contributed by atoms with Crippen molar-refractivity contribution in [2.45, 2.75) is 58.4 Å². The van der Waals surface area contributed by atoms with Crippen LogP contribution in [0, 0.1) is 5.92 Å². The van der Waals surface area contributed by atoms with Gasteiger partial charge in [0.1, 0.15) is 0 Å². The van der Waals surface area contributed by atoms with E-state index in [1.165, 1.54) is 12.8 Å². The highest BCUT2D eigenvalue weighted by Gasteiger charge is 2.23. The molecule has 2 nitrogen and oxygen atoms in total. The highest BCUT2D eigenvalue weighted by molar-refractivity contribution is 5.79. The van der Waals surface area contributed by atoms with Crippen LogP contribution >= 0.6 is 0 Å². The summed E-state index contributed by atoms with van der Waals surface area (Å²) >= 11 is 0. The molecular weight excluding hydrogens is 162 g/mol. The minimum Gasteiger partial charge on any atom is -0.353 e. The van der Waals surface area contributed by atoms with Crippen LogP contribution in [-0.2, 0) is 4.79 Å². The first kappa shape index (κ1) is 10.6. The van der Waals surface area contributed by atoms with E-state index in [0.717, 1.165) is 25.7 Å². The van der Waals surface area contributed by atoms with Crippen LogP contribution in [0.4, 0.5) is 0 Å². The molecule has 0 spiro atoms. The zero-order valence-electron chi connectivity index (χ0n) is 8.81. The molecule has 1 N–H and O–H groups in total. The van der Waals surface area contributed by atoms with Gasteiger partial charge in [-0.2, -0.15) is 0 Å². The lowest BCUT2D eigenvalue weighted by molar-refractivity contribution is -0.125. The molecule has 1 aliphatic carbocycles. The van der Waals surface area contributed by atoms with Gasteiger partial charge in [0.15, 0.2) is 0 Å². The van der Waals surface area contributed by atoms with Gasteiger partial charge in [-0.05, 0) is 25.7 Å². The second-order valence-corrected chi connectivity index (χ2v) is 4.00. The van der Waals surface area contributed by atoms with Crippen molar-refractivity contribution >= 4 is 5.91 Å². The molecule has 2 heteroatoms. The van der Waals surface area contributed by atoms with Gasteiger partial charge in [-0.3, -0.25) is 4.79 Å². The Labute approximate surface area is 81.1 Å². The first-order valence-electron chi connectivity index (χ1n) is 5.58. The third-order valence-corrected chi connectivity index (χ3v) is 3.06. The lowest BCUT2D eigenvalue weighted by Crippen LogP contribution is -2.37. The molecule has 13 heavy (non-hydrogen) atoms. The van der Waals surface area contributed by atoms with Gasteiger partial charge in [0, 0.05) is 12.0 Å². The van der Waals surface area contributed by atoms with Crippen molar-refractivity contribution in [3.63, 3.8) is 0 Å². The first-order chi connectivity index (χ1) is 6.27. The van der Waals surface area contributed by atoms with Crippen molar-refractivity contribution < 1.29 is 4.79 Å². The number of hydrogen-bond donors (Lipinski definition) is 1. The van der Waals surface area contributed by atoms with Gasteiger partial charge >= 0.3 is 0 Å². The van der Waals surface area contributed by atoms with E-state index >= 15 is 0 Å². The summed E-state index contributed by atoms with van der Waals surface area (Å²) in [7, 11) is 0. The molecule has 0 heterocycles. The average molecular weight is 183 g/mol. The molecule has 1 aliphatic rings. The Balaban J connectivity index is 2.30. The molecular formula is C11H21NO. The third kappa shape index (κ3) is 3.02. The van der Waals surface area contributed by atoms with Gasteiger partial charge in [0.25, 0.3) is 0 Å². The summed E-state index contributed by atoms with van der Waals surface area (Å²) in [5.74, 6) is 0.617. The zero-order valence-corrected chi connectivity index (χ0v) is 8.81. The predicted molar refractivity (Wildman–Crippen MR) is 54.5 cm³/mol. The SMILES string of the molecule is CCC(CC)NC(=O)C1CCCC1. The average Bonchev–Trinajstić information content (AvgIpc) is 2.66. The van der Waals surface area contributed by atoms with Crippen LogP contribution in [0.2, 0.25) is 0 Å². The largest absolute Gasteiger partial charge is 0.353 e. The molecule has 0 saturated heterocycles. The Morgan fingerprint density at radius 1 is 1.31 bits per heavy atom. The Bertz CT molecular complexity index is 157. The topological polar surface area (TPSA) is 29.1 Å². The molecule has 1 rings (SSSR count). The van der Waals surface area contributed by atoms with Crippen LogP contribution in [0.1, 0.15) is 52.4 Å². The number of carbonyl (C=O) groups excluding carboxylic acids is 1. The van der Waals surface area contributed by atoms with Gasteiger partial charge in [0.2, 0.25) is 5.91 Å². The summed E-state index contributed by atoms with van der Waals surface area (Å²) in [5.41, 5.74) is 0. The molecule has 0 aromatic heterocycles. The molecule has 1 fully saturated rings. The highest BCUT2D eigenvalue weighted by atomic mass is 16.1. The smallest absolute Gasteiger partial charge is 0.223 e. The Morgan fingerprint density at radius 2 is 1.85 bits per heavy atom. The maximum atomic E-state index is 11.7. The second-order valence-electron chi connectivity index (χ2n) is 4.00. The Morgan fingerprint density at radius 3 is 2.31 bits per heavy atom. The number of rotatable bonds is 4. The molecule has 0 aromatic rings. The van der Waals surface area contributed by atoms with Gasteiger partial charge in [-0.25, -0.2) is 0 Å². The van der Waals surface area contributed by atoms with Crippen molar-refractivity contribution in [1.82, 2.24) is 5.32 Å². The Kier molecular flexibility index (Phi) is 4.26. The van der Waals surface area contributed by atoms with Crippen molar-refractivity contribution in [1.29, 1.82) is 0 Å². The van der Waals surface area contributed by atoms with Gasteiger partial charge in [-0.1, -0.05) is 26.7 Å². The van der Waals surface area contributed by atoms with Crippen LogP contribution < -0.4 is 5.32 Å². The summed E-state index contributed by atoms with van der Waals surface area (Å²) in [6.07, 6.45) is 6.78. The third-order valence-electron chi connectivity index (χ3n) is 3.06. The number of amides is 1. The predicted octanol–water partition coefficient (Wildman–Crippen LogP) is 2.48. The summed E-state index contributed by atoms with van der Waals surface area (Å²) in [6, 6.07) is 0.396. The fraction of sp³-hybridized carbons (Fsp3) is 0.909. The van der Waals surface area contributed by atoms with E-state index in [-0.39, 0.29) is 0 Å². The lowest BCUT2D eigenvalue weighted by Gasteiger charge is -2.17. The molecule has 0 radical (unpaired) electrons. The molecule has 1 amide bonds. The standard InChI is InChI=1S/C11H21NO/c1-3-10(4-2)12-11(13)9-7-5-6-8-9/h9-10H,3-8H2,1-2H3,(H,12,13). The molecule has 0 atom stereocenters. The number of carbonyl (C=O) groups is 1. The van der Waals surface area contributed by atoms with E-state index in [4.69, 9.17) is 0 Å².